The number of rotatable bonds is 2. The van der Waals surface area contributed by atoms with Crippen LogP contribution in [0.5, 0.6) is 0 Å². The molecule has 1 rings (SSSR count). The zero-order valence-corrected chi connectivity index (χ0v) is 9.83. The fraction of sp³-hybridized carbons (Fsp3) is 0.462. The minimum Gasteiger partial charge on any atom is -0.323 e. The predicted molar refractivity (Wildman–Crippen MR) is 62.2 cm³/mol. The molecule has 1 aromatic carbocycles. The quantitative estimate of drug-likeness (QED) is 0.801. The second-order valence-electron chi connectivity index (χ2n) is 4.67. The van der Waals surface area contributed by atoms with E-state index in [0.717, 1.165) is 11.1 Å². The van der Waals surface area contributed by atoms with Crippen LogP contribution in [0.4, 0.5) is 0 Å². The monoisotopic (exact) mass is 202 g/mol. The fourth-order valence-electron chi connectivity index (χ4n) is 1.55. The van der Waals surface area contributed by atoms with Crippen LogP contribution in [0.25, 0.3) is 0 Å². The van der Waals surface area contributed by atoms with E-state index in [0.29, 0.717) is 0 Å². The van der Waals surface area contributed by atoms with E-state index in [-0.39, 0.29) is 6.04 Å². The van der Waals surface area contributed by atoms with Gasteiger partial charge >= 0.3 is 0 Å². The highest BCUT2D eigenvalue weighted by molar-refractivity contribution is 5.34. The van der Waals surface area contributed by atoms with Gasteiger partial charge in [-0.15, -0.1) is 0 Å². The molecule has 0 saturated carbocycles. The Bertz CT molecular complexity index is 399. The van der Waals surface area contributed by atoms with Crippen LogP contribution in [0.15, 0.2) is 18.2 Å². The first-order chi connectivity index (χ1) is 6.88. The Morgan fingerprint density at radius 2 is 1.93 bits per heavy atom. The van der Waals surface area contributed by atoms with Gasteiger partial charge in [0, 0.05) is 6.04 Å². The van der Waals surface area contributed by atoms with Gasteiger partial charge in [-0.3, -0.25) is 0 Å². The topological polar surface area (TPSA) is 49.8 Å². The Morgan fingerprint density at radius 3 is 2.47 bits per heavy atom. The number of aryl methyl sites for hydroxylation is 2. The summed E-state index contributed by atoms with van der Waals surface area (Å²) in [4.78, 5) is 0. The molecule has 0 amide bonds. The molecular formula is C13H18N2. The van der Waals surface area contributed by atoms with E-state index in [2.05, 4.69) is 24.3 Å². The highest BCUT2D eigenvalue weighted by atomic mass is 14.7. The number of benzene rings is 1. The van der Waals surface area contributed by atoms with E-state index >= 15 is 0 Å². The summed E-state index contributed by atoms with van der Waals surface area (Å²) in [5.74, 6) is 0. The molecule has 0 spiro atoms. The zero-order chi connectivity index (χ0) is 11.6. The molecular weight excluding hydrogens is 184 g/mol. The normalized spacial score (nSPS) is 13.3. The standard InChI is InChI=1S/C13H18N2/c1-9-5-6-10(2)11(7-9)12(15)13(3,4)8-14/h5-7,12H,15H2,1-4H3. The number of hydrogen-bond acceptors (Lipinski definition) is 2. The van der Waals surface area contributed by atoms with Crippen LogP contribution in [0, 0.1) is 30.6 Å². The van der Waals surface area contributed by atoms with Crippen LogP contribution in [0.3, 0.4) is 0 Å². The van der Waals surface area contributed by atoms with Crippen molar-refractivity contribution in [3.05, 3.63) is 34.9 Å². The molecule has 0 radical (unpaired) electrons. The third-order valence-electron chi connectivity index (χ3n) is 2.84. The number of nitrogens with zero attached hydrogens (tertiary/aromatic N) is 1. The molecule has 0 aliphatic heterocycles. The Balaban J connectivity index is 3.17. The molecule has 0 aromatic heterocycles. The fourth-order valence-corrected chi connectivity index (χ4v) is 1.55. The summed E-state index contributed by atoms with van der Waals surface area (Å²) in [5, 5.41) is 9.06. The van der Waals surface area contributed by atoms with Gasteiger partial charge in [0.1, 0.15) is 0 Å². The highest BCUT2D eigenvalue weighted by Gasteiger charge is 2.28. The van der Waals surface area contributed by atoms with E-state index in [9.17, 15) is 0 Å². The minimum atomic E-state index is -0.529. The van der Waals surface area contributed by atoms with E-state index < -0.39 is 5.41 Å². The Morgan fingerprint density at radius 1 is 1.33 bits per heavy atom. The summed E-state index contributed by atoms with van der Waals surface area (Å²) in [7, 11) is 0. The van der Waals surface area contributed by atoms with Gasteiger partial charge < -0.3 is 5.73 Å². The third-order valence-corrected chi connectivity index (χ3v) is 2.84. The van der Waals surface area contributed by atoms with Crippen LogP contribution in [0.1, 0.15) is 36.6 Å². The number of nitriles is 1. The molecule has 15 heavy (non-hydrogen) atoms. The van der Waals surface area contributed by atoms with E-state index in [1.807, 2.05) is 27.7 Å². The molecule has 0 fully saturated rings. The van der Waals surface area contributed by atoms with Crippen LogP contribution in [-0.2, 0) is 0 Å². The van der Waals surface area contributed by atoms with Gasteiger partial charge in [0.15, 0.2) is 0 Å². The summed E-state index contributed by atoms with van der Waals surface area (Å²) < 4.78 is 0. The number of hydrogen-bond donors (Lipinski definition) is 1. The van der Waals surface area contributed by atoms with Crippen molar-refractivity contribution in [3.63, 3.8) is 0 Å². The first kappa shape index (κ1) is 11.7. The van der Waals surface area contributed by atoms with E-state index in [1.165, 1.54) is 5.56 Å². The lowest BCUT2D eigenvalue weighted by molar-refractivity contribution is 0.392. The SMILES string of the molecule is Cc1ccc(C)c(C(N)C(C)(C)C#N)c1. The van der Waals surface area contributed by atoms with Gasteiger partial charge in [-0.25, -0.2) is 0 Å². The molecule has 80 valence electrons. The van der Waals surface area contributed by atoms with Crippen molar-refractivity contribution in [2.75, 3.05) is 0 Å². The zero-order valence-electron chi connectivity index (χ0n) is 9.83. The summed E-state index contributed by atoms with van der Waals surface area (Å²) in [6.45, 7) is 7.82. The summed E-state index contributed by atoms with van der Waals surface area (Å²) >= 11 is 0. The maximum atomic E-state index is 9.06. The van der Waals surface area contributed by atoms with Crippen molar-refractivity contribution in [1.82, 2.24) is 0 Å². The molecule has 2 nitrogen and oxygen atoms in total. The molecule has 0 heterocycles. The van der Waals surface area contributed by atoms with Crippen molar-refractivity contribution >= 4 is 0 Å². The molecule has 0 saturated heterocycles. The number of nitrogens with two attached hydrogens (primary N) is 1. The average molecular weight is 202 g/mol. The maximum Gasteiger partial charge on any atom is 0.0710 e. The second kappa shape index (κ2) is 4.04. The van der Waals surface area contributed by atoms with Gasteiger partial charge in [0.2, 0.25) is 0 Å². The lowest BCUT2D eigenvalue weighted by Gasteiger charge is -2.26. The van der Waals surface area contributed by atoms with Gasteiger partial charge in [0.05, 0.1) is 11.5 Å². The average Bonchev–Trinajstić information content (AvgIpc) is 2.20. The van der Waals surface area contributed by atoms with Gasteiger partial charge in [0.25, 0.3) is 0 Å². The molecule has 1 aromatic rings. The molecule has 0 aliphatic rings. The van der Waals surface area contributed by atoms with Crippen LogP contribution in [-0.4, -0.2) is 0 Å². The first-order valence-corrected chi connectivity index (χ1v) is 5.12. The van der Waals surface area contributed by atoms with Crippen LogP contribution in [0.2, 0.25) is 0 Å². The van der Waals surface area contributed by atoms with Gasteiger partial charge in [-0.1, -0.05) is 23.8 Å². The Kier molecular flexibility index (Phi) is 3.16. The smallest absolute Gasteiger partial charge is 0.0710 e. The lowest BCUT2D eigenvalue weighted by Crippen LogP contribution is -2.28. The minimum absolute atomic E-state index is 0.234. The summed E-state index contributed by atoms with van der Waals surface area (Å²) in [5.41, 5.74) is 9.00. The summed E-state index contributed by atoms with van der Waals surface area (Å²) in [6, 6.07) is 8.21. The Hall–Kier alpha value is -1.33. The molecule has 2 heteroatoms. The largest absolute Gasteiger partial charge is 0.323 e. The van der Waals surface area contributed by atoms with Crippen molar-refractivity contribution < 1.29 is 0 Å². The maximum absolute atomic E-state index is 9.06. The molecule has 0 aliphatic carbocycles. The van der Waals surface area contributed by atoms with Gasteiger partial charge in [-0.2, -0.15) is 5.26 Å². The molecule has 1 unspecified atom stereocenters. The third kappa shape index (κ3) is 2.37. The van der Waals surface area contributed by atoms with Crippen LogP contribution < -0.4 is 5.73 Å². The molecule has 0 bridgehead atoms. The van der Waals surface area contributed by atoms with E-state index in [1.54, 1.807) is 0 Å². The molecule has 1 atom stereocenters. The highest BCUT2D eigenvalue weighted by Crippen LogP contribution is 2.32. The van der Waals surface area contributed by atoms with Crippen molar-refractivity contribution in [2.45, 2.75) is 33.7 Å². The first-order valence-electron chi connectivity index (χ1n) is 5.12. The lowest BCUT2D eigenvalue weighted by atomic mass is 9.80. The Labute approximate surface area is 91.7 Å². The van der Waals surface area contributed by atoms with Crippen molar-refractivity contribution in [3.8, 4) is 6.07 Å². The predicted octanol–water partition coefficient (Wildman–Crippen LogP) is 2.85. The van der Waals surface area contributed by atoms with Crippen molar-refractivity contribution in [2.24, 2.45) is 11.1 Å². The molecule has 2 N–H and O–H groups in total. The van der Waals surface area contributed by atoms with Crippen molar-refractivity contribution in [1.29, 1.82) is 5.26 Å². The second-order valence-corrected chi connectivity index (χ2v) is 4.67. The van der Waals surface area contributed by atoms with Gasteiger partial charge in [-0.05, 0) is 38.8 Å². The van der Waals surface area contributed by atoms with E-state index in [4.69, 9.17) is 11.0 Å². The van der Waals surface area contributed by atoms with Crippen LogP contribution >= 0.6 is 0 Å². The summed E-state index contributed by atoms with van der Waals surface area (Å²) in [6.07, 6.45) is 0.